The van der Waals surface area contributed by atoms with E-state index in [-0.39, 0.29) is 5.56 Å². The van der Waals surface area contributed by atoms with Gasteiger partial charge in [0.1, 0.15) is 0 Å². The van der Waals surface area contributed by atoms with Gasteiger partial charge in [-0.1, -0.05) is 18.2 Å². The number of nitrogens with two attached hydrogens (primary N) is 1. The molecule has 0 spiro atoms. The van der Waals surface area contributed by atoms with Crippen molar-refractivity contribution >= 4 is 5.69 Å². The van der Waals surface area contributed by atoms with Crippen LogP contribution in [0, 0.1) is 0 Å². The van der Waals surface area contributed by atoms with E-state index in [0.29, 0.717) is 18.7 Å². The Balaban J connectivity index is 2.16. The quantitative estimate of drug-likeness (QED) is 0.748. The maximum absolute atomic E-state index is 11.4. The molecule has 3 N–H and O–H groups in total. The van der Waals surface area contributed by atoms with Crippen LogP contribution in [-0.2, 0) is 13.0 Å². The van der Waals surface area contributed by atoms with Crippen molar-refractivity contribution in [1.29, 1.82) is 0 Å². The third-order valence-corrected chi connectivity index (χ3v) is 2.57. The van der Waals surface area contributed by atoms with Gasteiger partial charge >= 0.3 is 5.69 Å². The molecule has 0 aliphatic carbocycles. The van der Waals surface area contributed by atoms with Crippen molar-refractivity contribution in [3.05, 3.63) is 62.9 Å². The smallest absolute Gasteiger partial charge is 0.328 e. The van der Waals surface area contributed by atoms with Crippen molar-refractivity contribution in [3.63, 3.8) is 0 Å². The van der Waals surface area contributed by atoms with Crippen molar-refractivity contribution in [1.82, 2.24) is 9.55 Å². The lowest BCUT2D eigenvalue weighted by Gasteiger charge is -2.06. The van der Waals surface area contributed by atoms with Gasteiger partial charge in [0.2, 0.25) is 0 Å². The minimum absolute atomic E-state index is 0.384. The summed E-state index contributed by atoms with van der Waals surface area (Å²) in [5.41, 5.74) is 6.73. The average molecular weight is 231 g/mol. The number of aromatic amines is 1. The topological polar surface area (TPSA) is 80.9 Å². The Morgan fingerprint density at radius 3 is 2.65 bits per heavy atom. The SMILES string of the molecule is Nc1ccccc1CCn1ccc(=O)[nH]c1=O. The maximum atomic E-state index is 11.4. The summed E-state index contributed by atoms with van der Waals surface area (Å²) in [6, 6.07) is 8.85. The van der Waals surface area contributed by atoms with Crippen molar-refractivity contribution in [2.24, 2.45) is 0 Å². The average Bonchev–Trinajstić information content (AvgIpc) is 2.30. The van der Waals surface area contributed by atoms with Crippen LogP contribution in [0.25, 0.3) is 0 Å². The number of nitrogen functional groups attached to an aromatic ring is 1. The lowest BCUT2D eigenvalue weighted by molar-refractivity contribution is 0.646. The predicted molar refractivity (Wildman–Crippen MR) is 65.9 cm³/mol. The molecule has 0 fully saturated rings. The van der Waals surface area contributed by atoms with Crippen LogP contribution in [-0.4, -0.2) is 9.55 Å². The van der Waals surface area contributed by atoms with Gasteiger partial charge < -0.3 is 10.3 Å². The number of para-hydroxylation sites is 1. The summed E-state index contributed by atoms with van der Waals surface area (Å²) in [5.74, 6) is 0. The summed E-state index contributed by atoms with van der Waals surface area (Å²) >= 11 is 0. The van der Waals surface area contributed by atoms with E-state index in [1.807, 2.05) is 24.3 Å². The summed E-state index contributed by atoms with van der Waals surface area (Å²) in [6.45, 7) is 0.490. The minimum atomic E-state index is -0.396. The Hall–Kier alpha value is -2.30. The highest BCUT2D eigenvalue weighted by molar-refractivity contribution is 5.46. The number of hydrogen-bond acceptors (Lipinski definition) is 3. The third-order valence-electron chi connectivity index (χ3n) is 2.57. The molecule has 17 heavy (non-hydrogen) atoms. The molecule has 0 radical (unpaired) electrons. The van der Waals surface area contributed by atoms with Crippen LogP contribution < -0.4 is 17.0 Å². The molecule has 1 aromatic heterocycles. The Kier molecular flexibility index (Phi) is 3.09. The molecule has 88 valence electrons. The van der Waals surface area contributed by atoms with Gasteiger partial charge in [0.05, 0.1) is 0 Å². The second-order valence-electron chi connectivity index (χ2n) is 3.75. The van der Waals surface area contributed by atoms with E-state index in [2.05, 4.69) is 4.98 Å². The third kappa shape index (κ3) is 2.63. The highest BCUT2D eigenvalue weighted by atomic mass is 16.2. The van der Waals surface area contributed by atoms with Gasteiger partial charge in [0.15, 0.2) is 0 Å². The van der Waals surface area contributed by atoms with Gasteiger partial charge in [-0.25, -0.2) is 4.79 Å². The molecule has 0 saturated heterocycles. The highest BCUT2D eigenvalue weighted by Crippen LogP contribution is 2.11. The first-order valence-corrected chi connectivity index (χ1v) is 5.30. The Morgan fingerprint density at radius 1 is 1.18 bits per heavy atom. The Morgan fingerprint density at radius 2 is 1.94 bits per heavy atom. The van der Waals surface area contributed by atoms with E-state index in [9.17, 15) is 9.59 Å². The van der Waals surface area contributed by atoms with Crippen LogP contribution in [0.15, 0.2) is 46.1 Å². The van der Waals surface area contributed by atoms with Gasteiger partial charge in [-0.3, -0.25) is 9.78 Å². The van der Waals surface area contributed by atoms with Gasteiger partial charge in [-0.2, -0.15) is 0 Å². The lowest BCUT2D eigenvalue weighted by atomic mass is 10.1. The molecule has 0 bridgehead atoms. The van der Waals surface area contributed by atoms with E-state index in [4.69, 9.17) is 5.73 Å². The minimum Gasteiger partial charge on any atom is -0.399 e. The van der Waals surface area contributed by atoms with E-state index < -0.39 is 5.69 Å². The summed E-state index contributed by atoms with van der Waals surface area (Å²) in [5, 5.41) is 0. The van der Waals surface area contributed by atoms with Gasteiger partial charge in [0.25, 0.3) is 5.56 Å². The van der Waals surface area contributed by atoms with Gasteiger partial charge in [-0.15, -0.1) is 0 Å². The molecular formula is C12H13N3O2. The molecule has 2 rings (SSSR count). The standard InChI is InChI=1S/C12H13N3O2/c13-10-4-2-1-3-9(10)5-7-15-8-6-11(16)14-12(15)17/h1-4,6,8H,5,7,13H2,(H,14,16,17). The van der Waals surface area contributed by atoms with Crippen LogP contribution >= 0.6 is 0 Å². The van der Waals surface area contributed by atoms with E-state index in [1.54, 1.807) is 0 Å². The number of hydrogen-bond donors (Lipinski definition) is 2. The normalized spacial score (nSPS) is 10.4. The molecule has 0 saturated carbocycles. The number of benzene rings is 1. The van der Waals surface area contributed by atoms with Crippen molar-refractivity contribution < 1.29 is 0 Å². The molecule has 0 aliphatic rings. The molecule has 2 aromatic rings. The van der Waals surface area contributed by atoms with Gasteiger partial charge in [-0.05, 0) is 18.1 Å². The molecule has 0 unspecified atom stereocenters. The van der Waals surface area contributed by atoms with Crippen LogP contribution in [0.1, 0.15) is 5.56 Å². The zero-order chi connectivity index (χ0) is 12.3. The molecule has 0 atom stereocenters. The monoisotopic (exact) mass is 231 g/mol. The summed E-state index contributed by atoms with van der Waals surface area (Å²) in [6.07, 6.45) is 2.14. The second kappa shape index (κ2) is 4.69. The first-order valence-electron chi connectivity index (χ1n) is 5.30. The number of rotatable bonds is 3. The highest BCUT2D eigenvalue weighted by Gasteiger charge is 2.00. The van der Waals surface area contributed by atoms with E-state index in [1.165, 1.54) is 16.8 Å². The summed E-state index contributed by atoms with van der Waals surface area (Å²) in [7, 11) is 0. The van der Waals surface area contributed by atoms with Crippen molar-refractivity contribution in [2.45, 2.75) is 13.0 Å². The molecule has 5 heteroatoms. The molecular weight excluding hydrogens is 218 g/mol. The Bertz CT molecular complexity index is 628. The lowest BCUT2D eigenvalue weighted by Crippen LogP contribution is -2.29. The number of H-pyrrole nitrogens is 1. The van der Waals surface area contributed by atoms with Crippen molar-refractivity contribution in [2.75, 3.05) is 5.73 Å². The maximum Gasteiger partial charge on any atom is 0.328 e. The van der Waals surface area contributed by atoms with E-state index >= 15 is 0 Å². The summed E-state index contributed by atoms with van der Waals surface area (Å²) < 4.78 is 1.45. The second-order valence-corrected chi connectivity index (χ2v) is 3.75. The van der Waals surface area contributed by atoms with Crippen LogP contribution in [0.2, 0.25) is 0 Å². The number of aryl methyl sites for hydroxylation is 2. The fourth-order valence-electron chi connectivity index (χ4n) is 1.62. The zero-order valence-electron chi connectivity index (χ0n) is 9.22. The van der Waals surface area contributed by atoms with E-state index in [0.717, 1.165) is 5.56 Å². The Labute approximate surface area is 97.5 Å². The predicted octanol–water partition coefficient (Wildman–Crippen LogP) is 0.361. The van der Waals surface area contributed by atoms with Crippen LogP contribution in [0.3, 0.4) is 0 Å². The molecule has 0 aliphatic heterocycles. The largest absolute Gasteiger partial charge is 0.399 e. The fraction of sp³-hybridized carbons (Fsp3) is 0.167. The van der Waals surface area contributed by atoms with Crippen LogP contribution in [0.5, 0.6) is 0 Å². The molecule has 1 aromatic carbocycles. The molecule has 0 amide bonds. The van der Waals surface area contributed by atoms with Gasteiger partial charge in [0, 0.05) is 24.5 Å². The number of nitrogens with zero attached hydrogens (tertiary/aromatic N) is 1. The first kappa shape index (κ1) is 11.2. The first-order chi connectivity index (χ1) is 8.16. The summed E-state index contributed by atoms with van der Waals surface area (Å²) in [4.78, 5) is 24.5. The zero-order valence-corrected chi connectivity index (χ0v) is 9.22. The number of nitrogens with one attached hydrogen (secondary N) is 1. The molecule has 5 nitrogen and oxygen atoms in total. The van der Waals surface area contributed by atoms with Crippen LogP contribution in [0.4, 0.5) is 5.69 Å². The molecule has 1 heterocycles. The number of aromatic nitrogens is 2. The fourth-order valence-corrected chi connectivity index (χ4v) is 1.62. The van der Waals surface area contributed by atoms with Crippen molar-refractivity contribution in [3.8, 4) is 0 Å². The number of anilines is 1.